The highest BCUT2D eigenvalue weighted by Crippen LogP contribution is 2.44. The molecule has 2 aromatic rings. The van der Waals surface area contributed by atoms with Crippen LogP contribution in [-0.4, -0.2) is 57.3 Å². The maximum absolute atomic E-state index is 12.7. The van der Waals surface area contributed by atoms with Crippen molar-refractivity contribution in [3.63, 3.8) is 0 Å². The number of carboxylic acid groups (broad SMARTS) is 1. The monoisotopic (exact) mass is 454 g/mol. The van der Waals surface area contributed by atoms with Crippen molar-refractivity contribution in [2.75, 3.05) is 19.6 Å². The third kappa shape index (κ3) is 4.58. The topological polar surface area (TPSA) is 101 Å². The van der Waals surface area contributed by atoms with Crippen LogP contribution >= 0.6 is 0 Å². The van der Waals surface area contributed by atoms with Gasteiger partial charge in [0.1, 0.15) is 5.69 Å². The molecule has 3 aliphatic heterocycles. The maximum Gasteiger partial charge on any atom is 0.303 e. The van der Waals surface area contributed by atoms with Crippen LogP contribution in [0.2, 0.25) is 0 Å². The van der Waals surface area contributed by atoms with E-state index in [1.807, 2.05) is 23.9 Å². The first kappa shape index (κ1) is 22.2. The molecule has 4 atom stereocenters. The van der Waals surface area contributed by atoms with Gasteiger partial charge in [0.15, 0.2) is 5.76 Å². The first-order chi connectivity index (χ1) is 15.9. The number of piperidine rings is 3. The Balaban J connectivity index is 1.18. The molecular formula is C25H34N4O4. The molecule has 0 aromatic carbocycles. The highest BCUT2D eigenvalue weighted by molar-refractivity contribution is 5.78. The Labute approximate surface area is 194 Å². The molecule has 4 fully saturated rings. The Morgan fingerprint density at radius 1 is 1.30 bits per heavy atom. The Hall–Kier alpha value is -2.61. The van der Waals surface area contributed by atoms with Crippen LogP contribution < -0.4 is 5.32 Å². The zero-order valence-electron chi connectivity index (χ0n) is 19.3. The van der Waals surface area contributed by atoms with Gasteiger partial charge in [-0.3, -0.25) is 19.2 Å². The number of amides is 1. The van der Waals surface area contributed by atoms with Crippen LogP contribution in [0.5, 0.6) is 0 Å². The maximum atomic E-state index is 12.7. The van der Waals surface area contributed by atoms with Gasteiger partial charge < -0.3 is 14.8 Å². The minimum absolute atomic E-state index is 0.00655. The highest BCUT2D eigenvalue weighted by atomic mass is 16.4. The molecule has 1 amide bonds. The van der Waals surface area contributed by atoms with Crippen LogP contribution in [0.25, 0.3) is 11.5 Å². The summed E-state index contributed by atoms with van der Waals surface area (Å²) in [7, 11) is 2.01. The van der Waals surface area contributed by atoms with Gasteiger partial charge in [-0.25, -0.2) is 0 Å². The first-order valence-electron chi connectivity index (χ1n) is 12.2. The summed E-state index contributed by atoms with van der Waals surface area (Å²) in [5, 5.41) is 17.1. The van der Waals surface area contributed by atoms with Crippen molar-refractivity contribution in [2.45, 2.75) is 63.3 Å². The Kier molecular flexibility index (Phi) is 6.03. The molecule has 2 bridgehead atoms. The minimum atomic E-state index is -0.795. The van der Waals surface area contributed by atoms with Gasteiger partial charge >= 0.3 is 5.97 Å². The predicted molar refractivity (Wildman–Crippen MR) is 123 cm³/mol. The molecule has 8 heteroatoms. The van der Waals surface area contributed by atoms with E-state index >= 15 is 0 Å². The average Bonchev–Trinajstić information content (AvgIpc) is 3.54. The molecule has 3 saturated heterocycles. The summed E-state index contributed by atoms with van der Waals surface area (Å²) in [5.74, 6) is 1.01. The number of carboxylic acids is 1. The molecule has 2 N–H and O–H groups in total. The van der Waals surface area contributed by atoms with E-state index in [0.717, 1.165) is 63.1 Å². The lowest BCUT2D eigenvalue weighted by molar-refractivity contribution is -0.140. The molecule has 5 heterocycles. The van der Waals surface area contributed by atoms with E-state index in [1.54, 1.807) is 6.26 Å². The molecule has 6 rings (SSSR count). The van der Waals surface area contributed by atoms with Crippen molar-refractivity contribution in [3.8, 4) is 11.5 Å². The standard InChI is InChI=1S/C25H34N4O4/c1-28-21(12-20(27-28)22-5-4-10-33-22)19-16-29-9-6-17(19)11-18(29)15-26-23(30)13-25(14-24(31)32)7-2-3-8-25/h4-5,10,12,17-19H,2-3,6-9,11,13-16H2,1H3,(H,26,30)(H,31,32)/t17-,18+,19+/m0/s1. The van der Waals surface area contributed by atoms with Crippen molar-refractivity contribution < 1.29 is 19.1 Å². The molecule has 1 unspecified atom stereocenters. The number of rotatable bonds is 8. The van der Waals surface area contributed by atoms with Crippen LogP contribution in [0.4, 0.5) is 0 Å². The molecule has 0 radical (unpaired) electrons. The minimum Gasteiger partial charge on any atom is -0.481 e. The fraction of sp³-hybridized carbons (Fsp3) is 0.640. The van der Waals surface area contributed by atoms with Crippen LogP contribution in [0.15, 0.2) is 28.9 Å². The largest absolute Gasteiger partial charge is 0.481 e. The fourth-order valence-corrected chi connectivity index (χ4v) is 6.56. The number of nitrogens with zero attached hydrogens (tertiary/aromatic N) is 3. The Morgan fingerprint density at radius 2 is 2.12 bits per heavy atom. The number of aliphatic carboxylic acids is 1. The van der Waals surface area contributed by atoms with Gasteiger partial charge in [0.05, 0.1) is 12.7 Å². The number of fused-ring (bicyclic) bond motifs is 3. The third-order valence-electron chi connectivity index (χ3n) is 8.21. The smallest absolute Gasteiger partial charge is 0.303 e. The summed E-state index contributed by atoms with van der Waals surface area (Å²) in [5.41, 5.74) is 1.77. The SMILES string of the molecule is Cn1nc(-c2ccco2)cc1[C@@H]1CN2CC[C@H]1C[C@@H]2CNC(=O)CC1(CC(=O)O)CCCC1. The predicted octanol–water partition coefficient (Wildman–Crippen LogP) is 3.40. The van der Waals surface area contributed by atoms with Gasteiger partial charge in [0.2, 0.25) is 5.91 Å². The summed E-state index contributed by atoms with van der Waals surface area (Å²) >= 11 is 0. The second kappa shape index (κ2) is 8.97. The number of carbonyl (C=O) groups excluding carboxylic acids is 1. The summed E-state index contributed by atoms with van der Waals surface area (Å²) in [6.45, 7) is 2.69. The fourth-order valence-electron chi connectivity index (χ4n) is 6.56. The average molecular weight is 455 g/mol. The molecule has 33 heavy (non-hydrogen) atoms. The normalized spacial score (nSPS) is 28.2. The highest BCUT2D eigenvalue weighted by Gasteiger charge is 2.42. The van der Waals surface area contributed by atoms with Crippen molar-refractivity contribution >= 4 is 11.9 Å². The van der Waals surface area contributed by atoms with Crippen LogP contribution in [0.3, 0.4) is 0 Å². The van der Waals surface area contributed by atoms with E-state index in [-0.39, 0.29) is 17.7 Å². The summed E-state index contributed by atoms with van der Waals surface area (Å²) in [4.78, 5) is 26.6. The summed E-state index contributed by atoms with van der Waals surface area (Å²) in [6.07, 6.45) is 8.07. The van der Waals surface area contributed by atoms with Crippen molar-refractivity contribution in [2.24, 2.45) is 18.4 Å². The lowest BCUT2D eigenvalue weighted by Crippen LogP contribution is -2.56. The molecule has 1 aliphatic carbocycles. The Bertz CT molecular complexity index is 992. The second-order valence-corrected chi connectivity index (χ2v) is 10.4. The molecule has 178 valence electrons. The quantitative estimate of drug-likeness (QED) is 0.634. The summed E-state index contributed by atoms with van der Waals surface area (Å²) < 4.78 is 7.52. The molecular weight excluding hydrogens is 420 g/mol. The van der Waals surface area contributed by atoms with E-state index < -0.39 is 5.97 Å². The van der Waals surface area contributed by atoms with Gasteiger partial charge in [0, 0.05) is 44.2 Å². The lowest BCUT2D eigenvalue weighted by atomic mass is 9.74. The molecule has 8 nitrogen and oxygen atoms in total. The zero-order chi connectivity index (χ0) is 23.0. The third-order valence-corrected chi connectivity index (χ3v) is 8.21. The molecule has 0 spiro atoms. The van der Waals surface area contributed by atoms with E-state index in [9.17, 15) is 14.7 Å². The first-order valence-corrected chi connectivity index (χ1v) is 12.2. The lowest BCUT2D eigenvalue weighted by Gasteiger charge is -2.50. The number of nitrogens with one attached hydrogen (secondary N) is 1. The Morgan fingerprint density at radius 3 is 2.79 bits per heavy atom. The summed E-state index contributed by atoms with van der Waals surface area (Å²) in [6, 6.07) is 6.33. The number of hydrogen-bond acceptors (Lipinski definition) is 5. The van der Waals surface area contributed by atoms with Gasteiger partial charge in [-0.2, -0.15) is 5.10 Å². The van der Waals surface area contributed by atoms with Crippen molar-refractivity contribution in [1.29, 1.82) is 0 Å². The van der Waals surface area contributed by atoms with Crippen LogP contribution in [0, 0.1) is 11.3 Å². The van der Waals surface area contributed by atoms with Gasteiger partial charge in [-0.15, -0.1) is 0 Å². The van der Waals surface area contributed by atoms with Gasteiger partial charge in [0.25, 0.3) is 0 Å². The zero-order valence-corrected chi connectivity index (χ0v) is 19.3. The molecule has 4 aliphatic rings. The second-order valence-electron chi connectivity index (χ2n) is 10.4. The number of aryl methyl sites for hydroxylation is 1. The number of hydrogen-bond donors (Lipinski definition) is 2. The number of aromatic nitrogens is 2. The van der Waals surface area contributed by atoms with E-state index in [1.165, 1.54) is 5.69 Å². The van der Waals surface area contributed by atoms with Crippen LogP contribution in [-0.2, 0) is 16.6 Å². The van der Waals surface area contributed by atoms with Crippen molar-refractivity contribution in [1.82, 2.24) is 20.0 Å². The van der Waals surface area contributed by atoms with Crippen LogP contribution in [0.1, 0.15) is 63.0 Å². The molecule has 2 aromatic heterocycles. The van der Waals surface area contributed by atoms with E-state index in [2.05, 4.69) is 21.4 Å². The van der Waals surface area contributed by atoms with Gasteiger partial charge in [-0.05, 0) is 61.8 Å². The van der Waals surface area contributed by atoms with Crippen molar-refractivity contribution in [3.05, 3.63) is 30.2 Å². The number of carbonyl (C=O) groups is 2. The number of furan rings is 1. The van der Waals surface area contributed by atoms with E-state index in [0.29, 0.717) is 30.8 Å². The van der Waals surface area contributed by atoms with Gasteiger partial charge in [-0.1, -0.05) is 12.8 Å². The molecule has 1 saturated carbocycles. The van der Waals surface area contributed by atoms with E-state index in [4.69, 9.17) is 4.42 Å².